The van der Waals surface area contributed by atoms with E-state index in [1.54, 1.807) is 0 Å². The van der Waals surface area contributed by atoms with Gasteiger partial charge in [0.05, 0.1) is 10.5 Å². The van der Waals surface area contributed by atoms with Crippen molar-refractivity contribution < 1.29 is 9.72 Å². The van der Waals surface area contributed by atoms with Gasteiger partial charge in [-0.3, -0.25) is 14.9 Å². The van der Waals surface area contributed by atoms with Crippen LogP contribution < -0.4 is 11.1 Å². The number of nitro groups is 1. The van der Waals surface area contributed by atoms with E-state index in [-0.39, 0.29) is 28.3 Å². The van der Waals surface area contributed by atoms with Gasteiger partial charge in [-0.05, 0) is 17.9 Å². The number of carbonyl (C=O) groups excluding carboxylic acids is 1. The van der Waals surface area contributed by atoms with Gasteiger partial charge in [0.15, 0.2) is 0 Å². The zero-order chi connectivity index (χ0) is 14.6. The number of amides is 1. The molecule has 1 rings (SSSR count). The van der Waals surface area contributed by atoms with Crippen LogP contribution in [0.4, 0.5) is 11.4 Å². The summed E-state index contributed by atoms with van der Waals surface area (Å²) in [5.41, 5.74) is 6.01. The van der Waals surface area contributed by atoms with Crippen LogP contribution in [0.1, 0.15) is 37.6 Å². The molecule has 0 fully saturated rings. The van der Waals surface area contributed by atoms with Crippen LogP contribution in [-0.2, 0) is 0 Å². The summed E-state index contributed by atoms with van der Waals surface area (Å²) >= 11 is 0. The fourth-order valence-electron chi connectivity index (χ4n) is 1.50. The van der Waals surface area contributed by atoms with Crippen LogP contribution in [0.15, 0.2) is 18.2 Å². The molecule has 0 aliphatic rings. The summed E-state index contributed by atoms with van der Waals surface area (Å²) in [6.07, 6.45) is 0.813. The number of carbonyl (C=O) groups is 1. The van der Waals surface area contributed by atoms with Crippen molar-refractivity contribution in [3.8, 4) is 0 Å². The zero-order valence-electron chi connectivity index (χ0n) is 11.4. The first-order valence-electron chi connectivity index (χ1n) is 6.03. The van der Waals surface area contributed by atoms with Crippen molar-refractivity contribution in [1.29, 1.82) is 0 Å². The summed E-state index contributed by atoms with van der Waals surface area (Å²) < 4.78 is 0. The van der Waals surface area contributed by atoms with Gasteiger partial charge in [0.25, 0.3) is 11.6 Å². The minimum Gasteiger partial charge on any atom is -0.398 e. The van der Waals surface area contributed by atoms with E-state index in [0.29, 0.717) is 6.54 Å². The van der Waals surface area contributed by atoms with E-state index < -0.39 is 4.92 Å². The first-order valence-corrected chi connectivity index (χ1v) is 6.03. The number of hydrogen-bond acceptors (Lipinski definition) is 4. The number of non-ortho nitro benzene ring substituents is 1. The van der Waals surface area contributed by atoms with Gasteiger partial charge in [-0.2, -0.15) is 0 Å². The van der Waals surface area contributed by atoms with Gasteiger partial charge in [0.2, 0.25) is 0 Å². The van der Waals surface area contributed by atoms with Gasteiger partial charge in [-0.1, -0.05) is 20.8 Å². The Labute approximate surface area is 112 Å². The fraction of sp³-hybridized carbons (Fsp3) is 0.462. The number of nitrogen functional groups attached to an aromatic ring is 1. The van der Waals surface area contributed by atoms with Crippen LogP contribution >= 0.6 is 0 Å². The third kappa shape index (κ3) is 4.57. The summed E-state index contributed by atoms with van der Waals surface area (Å²) in [4.78, 5) is 22.0. The Morgan fingerprint density at radius 3 is 2.58 bits per heavy atom. The highest BCUT2D eigenvalue weighted by Gasteiger charge is 2.16. The highest BCUT2D eigenvalue weighted by molar-refractivity contribution is 5.99. The lowest BCUT2D eigenvalue weighted by atomic mass is 9.92. The Bertz CT molecular complexity index is 492. The van der Waals surface area contributed by atoms with Gasteiger partial charge in [0.1, 0.15) is 0 Å². The molecule has 6 heteroatoms. The Morgan fingerprint density at radius 1 is 1.42 bits per heavy atom. The smallest absolute Gasteiger partial charge is 0.270 e. The lowest BCUT2D eigenvalue weighted by molar-refractivity contribution is -0.384. The molecule has 3 N–H and O–H groups in total. The standard InChI is InChI=1S/C13H19N3O3/c1-13(2,3)6-7-15-12(17)10-8-9(16(18)19)4-5-11(10)14/h4-5,8H,6-7,14H2,1-3H3,(H,15,17). The minimum atomic E-state index is -0.550. The summed E-state index contributed by atoms with van der Waals surface area (Å²) in [5.74, 6) is -0.384. The quantitative estimate of drug-likeness (QED) is 0.496. The largest absolute Gasteiger partial charge is 0.398 e. The number of nitrogens with two attached hydrogens (primary N) is 1. The molecule has 0 radical (unpaired) electrons. The van der Waals surface area contributed by atoms with E-state index >= 15 is 0 Å². The van der Waals surface area contributed by atoms with Crippen molar-refractivity contribution in [2.75, 3.05) is 12.3 Å². The molecule has 1 aromatic rings. The van der Waals surface area contributed by atoms with Crippen molar-refractivity contribution in [1.82, 2.24) is 5.32 Å². The number of anilines is 1. The topological polar surface area (TPSA) is 98.3 Å². The van der Waals surface area contributed by atoms with Crippen LogP contribution in [0.5, 0.6) is 0 Å². The lowest BCUT2D eigenvalue weighted by Gasteiger charge is -2.18. The summed E-state index contributed by atoms with van der Waals surface area (Å²) in [5, 5.41) is 13.4. The molecule has 1 amide bonds. The highest BCUT2D eigenvalue weighted by atomic mass is 16.6. The molecule has 0 spiro atoms. The Hall–Kier alpha value is -2.11. The van der Waals surface area contributed by atoms with E-state index in [0.717, 1.165) is 6.42 Å². The molecular formula is C13H19N3O3. The average Bonchev–Trinajstić information content (AvgIpc) is 2.27. The molecule has 0 saturated carbocycles. The van der Waals surface area contributed by atoms with E-state index in [2.05, 4.69) is 26.1 Å². The van der Waals surface area contributed by atoms with E-state index in [1.165, 1.54) is 18.2 Å². The van der Waals surface area contributed by atoms with Gasteiger partial charge < -0.3 is 11.1 Å². The summed E-state index contributed by atoms with van der Waals surface area (Å²) in [7, 11) is 0. The monoisotopic (exact) mass is 265 g/mol. The number of nitro benzene ring substituents is 1. The molecule has 0 aliphatic carbocycles. The molecule has 0 atom stereocenters. The summed E-state index contributed by atoms with van der Waals surface area (Å²) in [6.45, 7) is 6.72. The maximum atomic E-state index is 11.9. The maximum absolute atomic E-state index is 11.9. The second kappa shape index (κ2) is 5.69. The number of nitrogens with one attached hydrogen (secondary N) is 1. The van der Waals surface area contributed by atoms with Crippen molar-refractivity contribution in [2.24, 2.45) is 5.41 Å². The number of rotatable bonds is 4. The molecule has 0 aliphatic heterocycles. The SMILES string of the molecule is CC(C)(C)CCNC(=O)c1cc([N+](=O)[O-])ccc1N. The highest BCUT2D eigenvalue weighted by Crippen LogP contribution is 2.20. The van der Waals surface area contributed by atoms with Gasteiger partial charge >= 0.3 is 0 Å². The van der Waals surface area contributed by atoms with E-state index in [1.807, 2.05) is 0 Å². The lowest BCUT2D eigenvalue weighted by Crippen LogP contribution is -2.28. The summed E-state index contributed by atoms with van der Waals surface area (Å²) in [6, 6.07) is 3.85. The van der Waals surface area contributed by atoms with Crippen LogP contribution in [-0.4, -0.2) is 17.4 Å². The molecular weight excluding hydrogens is 246 g/mol. The molecule has 6 nitrogen and oxygen atoms in total. The fourth-order valence-corrected chi connectivity index (χ4v) is 1.50. The second-order valence-corrected chi connectivity index (χ2v) is 5.60. The molecule has 0 bridgehead atoms. The Morgan fingerprint density at radius 2 is 2.05 bits per heavy atom. The first-order chi connectivity index (χ1) is 8.70. The van der Waals surface area contributed by atoms with Crippen molar-refractivity contribution in [2.45, 2.75) is 27.2 Å². The Balaban J connectivity index is 2.76. The van der Waals surface area contributed by atoms with Gasteiger partial charge in [0, 0.05) is 24.4 Å². The normalized spacial score (nSPS) is 11.1. The predicted octanol–water partition coefficient (Wildman–Crippen LogP) is 2.34. The van der Waals surface area contributed by atoms with Crippen LogP contribution in [0.3, 0.4) is 0 Å². The van der Waals surface area contributed by atoms with E-state index in [9.17, 15) is 14.9 Å². The van der Waals surface area contributed by atoms with Crippen molar-refractivity contribution in [3.63, 3.8) is 0 Å². The maximum Gasteiger partial charge on any atom is 0.270 e. The molecule has 104 valence electrons. The number of hydrogen-bond donors (Lipinski definition) is 2. The van der Waals surface area contributed by atoms with Crippen LogP contribution in [0.25, 0.3) is 0 Å². The van der Waals surface area contributed by atoms with Crippen molar-refractivity contribution in [3.05, 3.63) is 33.9 Å². The van der Waals surface area contributed by atoms with Gasteiger partial charge in [-0.15, -0.1) is 0 Å². The predicted molar refractivity (Wildman–Crippen MR) is 73.9 cm³/mol. The molecule has 0 heterocycles. The van der Waals surface area contributed by atoms with Crippen molar-refractivity contribution >= 4 is 17.3 Å². The molecule has 0 saturated heterocycles. The first kappa shape index (κ1) is 14.9. The van der Waals surface area contributed by atoms with E-state index in [4.69, 9.17) is 5.73 Å². The number of nitrogens with zero attached hydrogens (tertiary/aromatic N) is 1. The molecule has 1 aromatic carbocycles. The van der Waals surface area contributed by atoms with Crippen LogP contribution in [0, 0.1) is 15.5 Å². The number of benzene rings is 1. The molecule has 0 unspecified atom stereocenters. The van der Waals surface area contributed by atoms with Crippen LogP contribution in [0.2, 0.25) is 0 Å². The average molecular weight is 265 g/mol. The second-order valence-electron chi connectivity index (χ2n) is 5.60. The third-order valence-corrected chi connectivity index (χ3v) is 2.65. The molecule has 0 aromatic heterocycles. The zero-order valence-corrected chi connectivity index (χ0v) is 11.4. The Kier molecular flexibility index (Phi) is 4.47. The minimum absolute atomic E-state index is 0.113. The molecule has 19 heavy (non-hydrogen) atoms. The van der Waals surface area contributed by atoms with Gasteiger partial charge in [-0.25, -0.2) is 0 Å². The third-order valence-electron chi connectivity index (χ3n) is 2.65.